The van der Waals surface area contributed by atoms with Crippen molar-refractivity contribution in [3.05, 3.63) is 0 Å². The van der Waals surface area contributed by atoms with Gasteiger partial charge in [-0.1, -0.05) is 5.92 Å². The maximum atomic E-state index is 8.52. The lowest BCUT2D eigenvalue weighted by atomic mass is 9.92. The number of aliphatic hydroxyl groups excluding tert-OH is 1. The number of hydrogen-bond acceptors (Lipinski definition) is 2. The van der Waals surface area contributed by atoms with E-state index in [2.05, 4.69) is 5.92 Å². The summed E-state index contributed by atoms with van der Waals surface area (Å²) in [6, 6.07) is 0. The number of terminal acetylenes is 1. The molecule has 0 aromatic heterocycles. The quantitative estimate of drug-likeness (QED) is 0.534. The Hall–Kier alpha value is -0.520. The highest BCUT2D eigenvalue weighted by Gasteiger charge is 2.35. The first-order chi connectivity index (χ1) is 4.33. The van der Waals surface area contributed by atoms with Crippen molar-refractivity contribution in [3.8, 4) is 12.3 Å². The first-order valence-electron chi connectivity index (χ1n) is 3.05. The van der Waals surface area contributed by atoms with E-state index < -0.39 is 5.60 Å². The fourth-order valence-electron chi connectivity index (χ4n) is 0.912. The van der Waals surface area contributed by atoms with Crippen molar-refractivity contribution in [1.29, 1.82) is 0 Å². The Kier molecular flexibility index (Phi) is 1.75. The maximum absolute atomic E-state index is 8.52. The van der Waals surface area contributed by atoms with Crippen LogP contribution in [0.1, 0.15) is 12.8 Å². The highest BCUT2D eigenvalue weighted by molar-refractivity contribution is 5.12. The lowest BCUT2D eigenvalue weighted by Crippen LogP contribution is -2.42. The Morgan fingerprint density at radius 3 is 2.56 bits per heavy atom. The van der Waals surface area contributed by atoms with Gasteiger partial charge in [0.25, 0.3) is 0 Å². The summed E-state index contributed by atoms with van der Waals surface area (Å²) in [4.78, 5) is 0. The van der Waals surface area contributed by atoms with E-state index in [1.165, 1.54) is 0 Å². The molecule has 0 aromatic rings. The third-order valence-corrected chi connectivity index (χ3v) is 1.66. The van der Waals surface area contributed by atoms with Crippen LogP contribution in [0.5, 0.6) is 0 Å². The van der Waals surface area contributed by atoms with Crippen LogP contribution in [-0.2, 0) is 4.74 Å². The van der Waals surface area contributed by atoms with Gasteiger partial charge in [0.1, 0.15) is 5.60 Å². The minimum absolute atomic E-state index is 0.115. The molecule has 1 rings (SSSR count). The molecule has 1 aliphatic rings. The minimum Gasteiger partial charge on any atom is -0.396 e. The lowest BCUT2D eigenvalue weighted by Gasteiger charge is -2.36. The summed E-state index contributed by atoms with van der Waals surface area (Å²) in [6.07, 6.45) is 6.63. The molecule has 0 radical (unpaired) electrons. The summed E-state index contributed by atoms with van der Waals surface area (Å²) >= 11 is 0. The smallest absolute Gasteiger partial charge is 0.132 e. The molecule has 0 bridgehead atoms. The van der Waals surface area contributed by atoms with Gasteiger partial charge < -0.3 is 9.84 Å². The summed E-state index contributed by atoms with van der Waals surface area (Å²) in [5.41, 5.74) is -0.408. The van der Waals surface area contributed by atoms with Gasteiger partial charge in [0.05, 0.1) is 6.61 Å². The van der Waals surface area contributed by atoms with Crippen LogP contribution in [-0.4, -0.2) is 23.9 Å². The van der Waals surface area contributed by atoms with E-state index in [0.717, 1.165) is 13.0 Å². The van der Waals surface area contributed by atoms with Crippen LogP contribution in [0.25, 0.3) is 0 Å². The fraction of sp³-hybridized carbons (Fsp3) is 0.714. The Balaban J connectivity index is 2.40. The molecule has 0 amide bonds. The summed E-state index contributed by atoms with van der Waals surface area (Å²) in [5, 5.41) is 8.52. The van der Waals surface area contributed by atoms with E-state index in [1.54, 1.807) is 0 Å². The molecular weight excluding hydrogens is 116 g/mol. The molecule has 9 heavy (non-hydrogen) atoms. The first-order valence-corrected chi connectivity index (χ1v) is 3.05. The number of ether oxygens (including phenoxy) is 1. The van der Waals surface area contributed by atoms with Crippen molar-refractivity contribution in [3.63, 3.8) is 0 Å². The molecule has 0 spiro atoms. The number of aliphatic hydroxyl groups is 1. The summed E-state index contributed by atoms with van der Waals surface area (Å²) in [5.74, 6) is 2.53. The van der Waals surface area contributed by atoms with Crippen molar-refractivity contribution in [2.24, 2.45) is 0 Å². The monoisotopic (exact) mass is 126 g/mol. The predicted octanol–water partition coefficient (Wildman–Crippen LogP) is 0.161. The molecule has 2 nitrogen and oxygen atoms in total. The zero-order valence-corrected chi connectivity index (χ0v) is 5.26. The zero-order valence-electron chi connectivity index (χ0n) is 5.26. The molecule has 0 aromatic carbocycles. The summed E-state index contributed by atoms with van der Waals surface area (Å²) in [6.45, 7) is 0.856. The molecule has 0 aliphatic carbocycles. The third-order valence-electron chi connectivity index (χ3n) is 1.66. The maximum Gasteiger partial charge on any atom is 0.132 e. The predicted molar refractivity (Wildman–Crippen MR) is 33.8 cm³/mol. The molecule has 50 valence electrons. The van der Waals surface area contributed by atoms with E-state index in [1.807, 2.05) is 0 Å². The Labute approximate surface area is 54.8 Å². The third kappa shape index (κ3) is 1.07. The molecule has 1 atom stereocenters. The van der Waals surface area contributed by atoms with Crippen LogP contribution in [0.15, 0.2) is 0 Å². The molecule has 2 heteroatoms. The summed E-state index contributed by atoms with van der Waals surface area (Å²) in [7, 11) is 0. The zero-order chi connectivity index (χ0) is 6.74. The van der Waals surface area contributed by atoms with Crippen LogP contribution in [0.2, 0.25) is 0 Å². The Bertz CT molecular complexity index is 130. The average molecular weight is 126 g/mol. The lowest BCUT2D eigenvalue weighted by molar-refractivity contribution is -0.114. The van der Waals surface area contributed by atoms with Gasteiger partial charge in [-0.3, -0.25) is 0 Å². The average Bonchev–Trinajstić information content (AvgIpc) is 1.79. The number of rotatable bonds is 2. The Morgan fingerprint density at radius 2 is 2.44 bits per heavy atom. The van der Waals surface area contributed by atoms with Crippen LogP contribution < -0.4 is 0 Å². The van der Waals surface area contributed by atoms with E-state index in [0.29, 0.717) is 6.42 Å². The van der Waals surface area contributed by atoms with Gasteiger partial charge in [0.2, 0.25) is 0 Å². The second-order valence-corrected chi connectivity index (χ2v) is 2.21. The standard InChI is InChI=1S/C7H10O2/c1-2-7(3-5-8)4-6-9-7/h1,8H,3-6H2. The first kappa shape index (κ1) is 6.60. The van der Waals surface area contributed by atoms with Gasteiger partial charge in [-0.25, -0.2) is 0 Å². The highest BCUT2D eigenvalue weighted by Crippen LogP contribution is 2.28. The largest absolute Gasteiger partial charge is 0.396 e. The van der Waals surface area contributed by atoms with Crippen LogP contribution >= 0.6 is 0 Å². The van der Waals surface area contributed by atoms with Crippen molar-refractivity contribution in [2.45, 2.75) is 18.4 Å². The molecule has 1 N–H and O–H groups in total. The topological polar surface area (TPSA) is 29.5 Å². The SMILES string of the molecule is C#CC1(CCO)CCO1. The van der Waals surface area contributed by atoms with Gasteiger partial charge >= 0.3 is 0 Å². The van der Waals surface area contributed by atoms with E-state index in [4.69, 9.17) is 16.3 Å². The Morgan fingerprint density at radius 1 is 1.78 bits per heavy atom. The molecule has 1 aliphatic heterocycles. The molecule has 1 fully saturated rings. The van der Waals surface area contributed by atoms with Gasteiger partial charge in [0.15, 0.2) is 0 Å². The highest BCUT2D eigenvalue weighted by atomic mass is 16.5. The normalized spacial score (nSPS) is 32.9. The van der Waals surface area contributed by atoms with Crippen LogP contribution in [0, 0.1) is 12.3 Å². The van der Waals surface area contributed by atoms with Crippen molar-refractivity contribution < 1.29 is 9.84 Å². The molecule has 1 unspecified atom stereocenters. The summed E-state index contributed by atoms with van der Waals surface area (Å²) < 4.78 is 5.11. The van der Waals surface area contributed by atoms with Crippen LogP contribution in [0.3, 0.4) is 0 Å². The molecular formula is C7H10O2. The molecule has 1 heterocycles. The van der Waals surface area contributed by atoms with Crippen molar-refractivity contribution in [1.82, 2.24) is 0 Å². The van der Waals surface area contributed by atoms with Gasteiger partial charge in [0, 0.05) is 19.4 Å². The van der Waals surface area contributed by atoms with Gasteiger partial charge in [-0.2, -0.15) is 0 Å². The fourth-order valence-corrected chi connectivity index (χ4v) is 0.912. The van der Waals surface area contributed by atoms with Crippen molar-refractivity contribution >= 4 is 0 Å². The molecule has 1 saturated heterocycles. The number of hydrogen-bond donors (Lipinski definition) is 1. The minimum atomic E-state index is -0.408. The van der Waals surface area contributed by atoms with E-state index in [9.17, 15) is 0 Å². The van der Waals surface area contributed by atoms with E-state index >= 15 is 0 Å². The van der Waals surface area contributed by atoms with Crippen LogP contribution in [0.4, 0.5) is 0 Å². The van der Waals surface area contributed by atoms with Gasteiger partial charge in [-0.05, 0) is 0 Å². The van der Waals surface area contributed by atoms with E-state index in [-0.39, 0.29) is 6.61 Å². The molecule has 0 saturated carbocycles. The second-order valence-electron chi connectivity index (χ2n) is 2.21. The van der Waals surface area contributed by atoms with Gasteiger partial charge in [-0.15, -0.1) is 6.42 Å². The van der Waals surface area contributed by atoms with Crippen molar-refractivity contribution in [2.75, 3.05) is 13.2 Å². The second kappa shape index (κ2) is 2.38.